The molecule has 0 radical (unpaired) electrons. The van der Waals surface area contributed by atoms with Gasteiger partial charge in [-0.2, -0.15) is 11.3 Å². The highest BCUT2D eigenvalue weighted by atomic mass is 32.1. The number of hydrogen-bond donors (Lipinski definition) is 0. The summed E-state index contributed by atoms with van der Waals surface area (Å²) in [5.41, 5.74) is 2.81. The summed E-state index contributed by atoms with van der Waals surface area (Å²) >= 11 is 1.79. The van der Waals surface area contributed by atoms with Gasteiger partial charge >= 0.3 is 0 Å². The van der Waals surface area contributed by atoms with Crippen molar-refractivity contribution in [3.8, 4) is 0 Å². The SMILES string of the molecule is c1cnc2c(c1)CN(Cc1ccsc1)CCN2CC1CC1. The first-order chi connectivity index (χ1) is 10.4. The van der Waals surface area contributed by atoms with Crippen LogP contribution >= 0.6 is 11.3 Å². The Kier molecular flexibility index (Phi) is 3.65. The fraction of sp³-hybridized carbons (Fsp3) is 0.471. The molecule has 2 aliphatic rings. The Hall–Kier alpha value is -1.39. The van der Waals surface area contributed by atoms with Crippen molar-refractivity contribution in [2.45, 2.75) is 25.9 Å². The van der Waals surface area contributed by atoms with Gasteiger partial charge in [-0.1, -0.05) is 6.07 Å². The van der Waals surface area contributed by atoms with Gasteiger partial charge in [-0.3, -0.25) is 4.90 Å². The third kappa shape index (κ3) is 3.11. The minimum Gasteiger partial charge on any atom is -0.355 e. The summed E-state index contributed by atoms with van der Waals surface area (Å²) in [7, 11) is 0. The summed E-state index contributed by atoms with van der Waals surface area (Å²) in [6.45, 7) is 5.48. The van der Waals surface area contributed by atoms with Crippen molar-refractivity contribution in [1.82, 2.24) is 9.88 Å². The molecule has 3 heterocycles. The van der Waals surface area contributed by atoms with Crippen molar-refractivity contribution in [2.75, 3.05) is 24.5 Å². The average Bonchev–Trinajstić information content (AvgIpc) is 3.21. The van der Waals surface area contributed by atoms with Crippen molar-refractivity contribution in [3.63, 3.8) is 0 Å². The fourth-order valence-corrected chi connectivity index (χ4v) is 3.75. The molecule has 0 aromatic carbocycles. The van der Waals surface area contributed by atoms with E-state index in [0.29, 0.717) is 0 Å². The van der Waals surface area contributed by atoms with Crippen molar-refractivity contribution >= 4 is 17.2 Å². The lowest BCUT2D eigenvalue weighted by Gasteiger charge is -2.23. The second kappa shape index (κ2) is 5.78. The first kappa shape index (κ1) is 13.3. The molecule has 0 N–H and O–H groups in total. The lowest BCUT2D eigenvalue weighted by Crippen LogP contribution is -2.32. The Morgan fingerprint density at radius 2 is 2.19 bits per heavy atom. The van der Waals surface area contributed by atoms with Crippen molar-refractivity contribution in [2.24, 2.45) is 5.92 Å². The molecule has 2 aromatic heterocycles. The van der Waals surface area contributed by atoms with Gasteiger partial charge in [-0.15, -0.1) is 0 Å². The number of anilines is 1. The van der Waals surface area contributed by atoms with E-state index in [2.05, 4.69) is 43.7 Å². The molecule has 0 spiro atoms. The lowest BCUT2D eigenvalue weighted by molar-refractivity contribution is 0.269. The number of pyridine rings is 1. The number of rotatable bonds is 4. The number of fused-ring (bicyclic) bond motifs is 1. The minimum atomic E-state index is 0.906. The van der Waals surface area contributed by atoms with Crippen LogP contribution in [-0.4, -0.2) is 29.5 Å². The zero-order valence-corrected chi connectivity index (χ0v) is 13.1. The molecule has 1 aliphatic carbocycles. The molecule has 110 valence electrons. The molecular formula is C17H21N3S. The molecule has 21 heavy (non-hydrogen) atoms. The normalized spacial score (nSPS) is 19.3. The summed E-state index contributed by atoms with van der Waals surface area (Å²) in [4.78, 5) is 9.74. The zero-order chi connectivity index (χ0) is 14.1. The van der Waals surface area contributed by atoms with Crippen LogP contribution in [0.2, 0.25) is 0 Å². The highest BCUT2D eigenvalue weighted by Gasteiger charge is 2.28. The first-order valence-electron chi connectivity index (χ1n) is 7.81. The quantitative estimate of drug-likeness (QED) is 0.863. The molecule has 3 nitrogen and oxygen atoms in total. The van der Waals surface area contributed by atoms with E-state index in [-0.39, 0.29) is 0 Å². The summed E-state index contributed by atoms with van der Waals surface area (Å²) in [6.07, 6.45) is 4.74. The molecule has 0 unspecified atom stereocenters. The monoisotopic (exact) mass is 299 g/mol. The summed E-state index contributed by atoms with van der Waals surface area (Å²) in [6, 6.07) is 6.55. The van der Waals surface area contributed by atoms with Crippen molar-refractivity contribution < 1.29 is 0 Å². The Morgan fingerprint density at radius 1 is 1.24 bits per heavy atom. The van der Waals surface area contributed by atoms with Gasteiger partial charge in [0.05, 0.1) is 0 Å². The Bertz CT molecular complexity index is 592. The predicted molar refractivity (Wildman–Crippen MR) is 87.6 cm³/mol. The average molecular weight is 299 g/mol. The molecule has 4 heteroatoms. The third-order valence-electron chi connectivity index (χ3n) is 4.41. The van der Waals surface area contributed by atoms with Gasteiger partial charge in [0.2, 0.25) is 0 Å². The number of nitrogens with zero attached hydrogens (tertiary/aromatic N) is 3. The van der Waals surface area contributed by atoms with E-state index in [1.165, 1.54) is 36.3 Å². The van der Waals surface area contributed by atoms with E-state index in [9.17, 15) is 0 Å². The van der Waals surface area contributed by atoms with E-state index in [0.717, 1.165) is 32.1 Å². The van der Waals surface area contributed by atoms with Gasteiger partial charge in [0.1, 0.15) is 5.82 Å². The van der Waals surface area contributed by atoms with E-state index in [4.69, 9.17) is 0 Å². The van der Waals surface area contributed by atoms with Crippen LogP contribution in [0.1, 0.15) is 24.0 Å². The van der Waals surface area contributed by atoms with Gasteiger partial charge in [0.15, 0.2) is 0 Å². The molecule has 0 saturated heterocycles. The second-order valence-electron chi connectivity index (χ2n) is 6.22. The van der Waals surface area contributed by atoms with Gasteiger partial charge < -0.3 is 4.90 Å². The maximum Gasteiger partial charge on any atom is 0.133 e. The minimum absolute atomic E-state index is 0.906. The smallest absolute Gasteiger partial charge is 0.133 e. The van der Waals surface area contributed by atoms with E-state index in [1.54, 1.807) is 11.3 Å². The Balaban J connectivity index is 1.54. The molecular weight excluding hydrogens is 278 g/mol. The molecule has 4 rings (SSSR count). The maximum absolute atomic E-state index is 4.67. The van der Waals surface area contributed by atoms with Crippen LogP contribution in [0.25, 0.3) is 0 Å². The van der Waals surface area contributed by atoms with Gasteiger partial charge in [0.25, 0.3) is 0 Å². The van der Waals surface area contributed by atoms with E-state index in [1.807, 2.05) is 6.20 Å². The van der Waals surface area contributed by atoms with Crippen molar-refractivity contribution in [1.29, 1.82) is 0 Å². The molecule has 1 saturated carbocycles. The standard InChI is InChI=1S/C17H21N3S/c1-2-16-12-19(10-15-5-9-21-13-15)7-8-20(11-14-3-4-14)17(16)18-6-1/h1-2,5-6,9,13-14H,3-4,7-8,10-12H2. The predicted octanol–water partition coefficient (Wildman–Crippen LogP) is 3.38. The third-order valence-corrected chi connectivity index (χ3v) is 5.14. The largest absolute Gasteiger partial charge is 0.355 e. The highest BCUT2D eigenvalue weighted by Crippen LogP contribution is 2.33. The Morgan fingerprint density at radius 3 is 3.00 bits per heavy atom. The number of aromatic nitrogens is 1. The van der Waals surface area contributed by atoms with Crippen molar-refractivity contribution in [3.05, 3.63) is 46.3 Å². The van der Waals surface area contributed by atoms with Gasteiger partial charge in [-0.25, -0.2) is 4.98 Å². The fourth-order valence-electron chi connectivity index (χ4n) is 3.09. The van der Waals surface area contributed by atoms with Crippen LogP contribution in [-0.2, 0) is 13.1 Å². The molecule has 1 aliphatic heterocycles. The summed E-state index contributed by atoms with van der Waals surface area (Å²) < 4.78 is 0. The zero-order valence-electron chi connectivity index (χ0n) is 12.2. The van der Waals surface area contributed by atoms with Crippen LogP contribution < -0.4 is 4.90 Å². The Labute approximate surface area is 130 Å². The lowest BCUT2D eigenvalue weighted by atomic mass is 10.2. The molecule has 1 fully saturated rings. The van der Waals surface area contributed by atoms with E-state index >= 15 is 0 Å². The van der Waals surface area contributed by atoms with Crippen LogP contribution in [0.15, 0.2) is 35.2 Å². The van der Waals surface area contributed by atoms with Gasteiger partial charge in [-0.05, 0) is 47.2 Å². The molecule has 0 bridgehead atoms. The van der Waals surface area contributed by atoms with Crippen LogP contribution in [0.3, 0.4) is 0 Å². The maximum atomic E-state index is 4.67. The highest BCUT2D eigenvalue weighted by molar-refractivity contribution is 7.07. The summed E-state index contributed by atoms with van der Waals surface area (Å²) in [5, 5.41) is 4.43. The number of thiophene rings is 1. The van der Waals surface area contributed by atoms with E-state index < -0.39 is 0 Å². The van der Waals surface area contributed by atoms with Gasteiger partial charge in [0, 0.05) is 44.5 Å². The topological polar surface area (TPSA) is 19.4 Å². The van der Waals surface area contributed by atoms with Crippen LogP contribution in [0.5, 0.6) is 0 Å². The van der Waals surface area contributed by atoms with Crippen LogP contribution in [0.4, 0.5) is 5.82 Å². The first-order valence-corrected chi connectivity index (χ1v) is 8.75. The molecule has 0 atom stereocenters. The molecule has 0 amide bonds. The second-order valence-corrected chi connectivity index (χ2v) is 7.00. The summed E-state index contributed by atoms with van der Waals surface area (Å²) in [5.74, 6) is 2.13. The number of hydrogen-bond acceptors (Lipinski definition) is 4. The molecule has 2 aromatic rings. The van der Waals surface area contributed by atoms with Crippen LogP contribution in [0, 0.1) is 5.92 Å².